The number of carbonyl (C=O) groups is 1. The molecule has 1 amide bonds. The number of nitrogens with one attached hydrogen (secondary N) is 1. The van der Waals surface area contributed by atoms with Crippen molar-refractivity contribution in [2.75, 3.05) is 13.7 Å². The Morgan fingerprint density at radius 2 is 2.06 bits per heavy atom. The number of rotatable bonds is 4. The first kappa shape index (κ1) is 13.1. The summed E-state index contributed by atoms with van der Waals surface area (Å²) in [5.74, 6) is -0.00655. The molecule has 1 N–H and O–H groups in total. The monoisotopic (exact) mass is 247 g/mol. The fourth-order valence-electron chi connectivity index (χ4n) is 2.47. The highest BCUT2D eigenvalue weighted by Crippen LogP contribution is 2.22. The van der Waals surface area contributed by atoms with Gasteiger partial charge in [-0.2, -0.15) is 0 Å². The van der Waals surface area contributed by atoms with Crippen LogP contribution in [0.5, 0.6) is 0 Å². The van der Waals surface area contributed by atoms with Crippen molar-refractivity contribution in [3.05, 3.63) is 34.9 Å². The molecule has 1 unspecified atom stereocenters. The summed E-state index contributed by atoms with van der Waals surface area (Å²) < 4.78 is 5.02. The van der Waals surface area contributed by atoms with Crippen LogP contribution < -0.4 is 5.32 Å². The van der Waals surface area contributed by atoms with Crippen molar-refractivity contribution in [3.8, 4) is 0 Å². The molecule has 0 aromatic heterocycles. The van der Waals surface area contributed by atoms with Gasteiger partial charge in [-0.05, 0) is 55.9 Å². The number of amides is 1. The second-order valence-corrected chi connectivity index (χ2v) is 5.02. The predicted octanol–water partition coefficient (Wildman–Crippen LogP) is 2.33. The van der Waals surface area contributed by atoms with Crippen molar-refractivity contribution in [2.24, 2.45) is 0 Å². The smallest absolute Gasteiger partial charge is 0.251 e. The number of hydrogen-bond acceptors (Lipinski definition) is 2. The van der Waals surface area contributed by atoms with Crippen LogP contribution in [0.25, 0.3) is 0 Å². The van der Waals surface area contributed by atoms with Crippen LogP contribution >= 0.6 is 0 Å². The summed E-state index contributed by atoms with van der Waals surface area (Å²) in [5.41, 5.74) is 3.51. The molecule has 0 bridgehead atoms. The third kappa shape index (κ3) is 3.10. The van der Waals surface area contributed by atoms with E-state index in [0.29, 0.717) is 6.61 Å². The van der Waals surface area contributed by atoms with E-state index in [2.05, 4.69) is 11.4 Å². The van der Waals surface area contributed by atoms with Gasteiger partial charge in [0, 0.05) is 18.7 Å². The summed E-state index contributed by atoms with van der Waals surface area (Å²) in [4.78, 5) is 12.0. The molecule has 0 spiro atoms. The average Bonchev–Trinajstić information content (AvgIpc) is 2.38. The van der Waals surface area contributed by atoms with Gasteiger partial charge in [0.1, 0.15) is 0 Å². The lowest BCUT2D eigenvalue weighted by molar-refractivity contribution is 0.0905. The van der Waals surface area contributed by atoms with E-state index in [1.54, 1.807) is 7.11 Å². The lowest BCUT2D eigenvalue weighted by Gasteiger charge is -2.17. The first-order valence-corrected chi connectivity index (χ1v) is 6.62. The van der Waals surface area contributed by atoms with Crippen LogP contribution in [0.1, 0.15) is 41.3 Å². The van der Waals surface area contributed by atoms with Gasteiger partial charge in [0.05, 0.1) is 6.61 Å². The molecular formula is C15H21NO2. The van der Waals surface area contributed by atoms with Crippen LogP contribution in [-0.2, 0) is 17.6 Å². The van der Waals surface area contributed by atoms with Crippen molar-refractivity contribution in [2.45, 2.75) is 38.6 Å². The molecule has 0 heterocycles. The van der Waals surface area contributed by atoms with Gasteiger partial charge in [-0.25, -0.2) is 0 Å². The van der Waals surface area contributed by atoms with E-state index in [4.69, 9.17) is 4.74 Å². The molecule has 18 heavy (non-hydrogen) atoms. The maximum absolute atomic E-state index is 12.0. The Morgan fingerprint density at radius 1 is 1.33 bits per heavy atom. The van der Waals surface area contributed by atoms with Crippen LogP contribution in [0.4, 0.5) is 0 Å². The van der Waals surface area contributed by atoms with E-state index in [0.717, 1.165) is 18.4 Å². The van der Waals surface area contributed by atoms with E-state index >= 15 is 0 Å². The number of methoxy groups -OCH3 is 1. The van der Waals surface area contributed by atoms with Crippen molar-refractivity contribution >= 4 is 5.91 Å². The van der Waals surface area contributed by atoms with Gasteiger partial charge in [0.25, 0.3) is 5.91 Å². The molecular weight excluding hydrogens is 226 g/mol. The van der Waals surface area contributed by atoms with E-state index < -0.39 is 0 Å². The van der Waals surface area contributed by atoms with Crippen LogP contribution in [0.3, 0.4) is 0 Å². The molecule has 0 fully saturated rings. The standard InChI is InChI=1S/C15H21NO2/c1-11(10-18-2)16-15(17)14-8-7-12-5-3-4-6-13(12)9-14/h7-9,11H,3-6,10H2,1-2H3,(H,16,17). The lowest BCUT2D eigenvalue weighted by Crippen LogP contribution is -2.35. The number of hydrogen-bond donors (Lipinski definition) is 1. The fourth-order valence-corrected chi connectivity index (χ4v) is 2.47. The largest absolute Gasteiger partial charge is 0.383 e. The molecule has 1 aliphatic rings. The first-order chi connectivity index (χ1) is 8.70. The Kier molecular flexibility index (Phi) is 4.37. The summed E-state index contributed by atoms with van der Waals surface area (Å²) >= 11 is 0. The molecule has 0 saturated carbocycles. The zero-order valence-electron chi connectivity index (χ0n) is 11.2. The second-order valence-electron chi connectivity index (χ2n) is 5.02. The highest BCUT2D eigenvalue weighted by molar-refractivity contribution is 5.94. The molecule has 1 atom stereocenters. The highest BCUT2D eigenvalue weighted by Gasteiger charge is 2.14. The summed E-state index contributed by atoms with van der Waals surface area (Å²) in [6, 6.07) is 6.12. The average molecular weight is 247 g/mol. The van der Waals surface area contributed by atoms with Gasteiger partial charge in [-0.3, -0.25) is 4.79 Å². The van der Waals surface area contributed by atoms with Gasteiger partial charge in [0.2, 0.25) is 0 Å². The molecule has 1 aromatic carbocycles. The quantitative estimate of drug-likeness (QED) is 0.886. The summed E-state index contributed by atoms with van der Waals surface area (Å²) in [7, 11) is 1.64. The number of fused-ring (bicyclic) bond motifs is 1. The maximum atomic E-state index is 12.0. The number of benzene rings is 1. The van der Waals surface area contributed by atoms with Crippen LogP contribution in [0.2, 0.25) is 0 Å². The van der Waals surface area contributed by atoms with Crippen molar-refractivity contribution in [3.63, 3.8) is 0 Å². The highest BCUT2D eigenvalue weighted by atomic mass is 16.5. The third-order valence-corrected chi connectivity index (χ3v) is 3.40. The maximum Gasteiger partial charge on any atom is 0.251 e. The van der Waals surface area contributed by atoms with Gasteiger partial charge < -0.3 is 10.1 Å². The first-order valence-electron chi connectivity index (χ1n) is 6.62. The third-order valence-electron chi connectivity index (χ3n) is 3.40. The summed E-state index contributed by atoms with van der Waals surface area (Å²) in [6.45, 7) is 2.48. The van der Waals surface area contributed by atoms with Crippen molar-refractivity contribution in [1.29, 1.82) is 0 Å². The zero-order valence-corrected chi connectivity index (χ0v) is 11.2. The van der Waals surface area contributed by atoms with Crippen molar-refractivity contribution < 1.29 is 9.53 Å². The minimum Gasteiger partial charge on any atom is -0.383 e. The lowest BCUT2D eigenvalue weighted by atomic mass is 9.90. The van der Waals surface area contributed by atoms with Crippen LogP contribution in [-0.4, -0.2) is 25.7 Å². The van der Waals surface area contributed by atoms with Gasteiger partial charge in [0.15, 0.2) is 0 Å². The molecule has 1 aliphatic carbocycles. The molecule has 1 aromatic rings. The number of carbonyl (C=O) groups excluding carboxylic acids is 1. The fraction of sp³-hybridized carbons (Fsp3) is 0.533. The van der Waals surface area contributed by atoms with E-state index in [1.807, 2.05) is 19.1 Å². The SMILES string of the molecule is COCC(C)NC(=O)c1ccc2c(c1)CCCC2. The molecule has 0 saturated heterocycles. The van der Waals surface area contributed by atoms with E-state index in [1.165, 1.54) is 24.0 Å². The number of aryl methyl sites for hydroxylation is 2. The molecule has 2 rings (SSSR count). The van der Waals surface area contributed by atoms with E-state index in [-0.39, 0.29) is 11.9 Å². The Morgan fingerprint density at radius 3 is 2.78 bits per heavy atom. The Balaban J connectivity index is 2.06. The second kappa shape index (κ2) is 6.01. The van der Waals surface area contributed by atoms with Crippen LogP contribution in [0.15, 0.2) is 18.2 Å². The van der Waals surface area contributed by atoms with Crippen molar-refractivity contribution in [1.82, 2.24) is 5.32 Å². The molecule has 3 heteroatoms. The minimum atomic E-state index is -0.00655. The Bertz CT molecular complexity index is 429. The minimum absolute atomic E-state index is 0.00655. The topological polar surface area (TPSA) is 38.3 Å². The Labute approximate surface area is 109 Å². The molecule has 98 valence electrons. The molecule has 3 nitrogen and oxygen atoms in total. The predicted molar refractivity (Wildman–Crippen MR) is 71.9 cm³/mol. The summed E-state index contributed by atoms with van der Waals surface area (Å²) in [6.07, 6.45) is 4.75. The van der Waals surface area contributed by atoms with Gasteiger partial charge in [-0.1, -0.05) is 6.07 Å². The molecule has 0 aliphatic heterocycles. The molecule has 0 radical (unpaired) electrons. The number of ether oxygens (including phenoxy) is 1. The Hall–Kier alpha value is -1.35. The van der Waals surface area contributed by atoms with Gasteiger partial charge in [-0.15, -0.1) is 0 Å². The zero-order chi connectivity index (χ0) is 13.0. The van der Waals surface area contributed by atoms with Crippen LogP contribution in [0, 0.1) is 0 Å². The summed E-state index contributed by atoms with van der Waals surface area (Å²) in [5, 5.41) is 2.94. The van der Waals surface area contributed by atoms with Gasteiger partial charge >= 0.3 is 0 Å². The normalized spacial score (nSPS) is 15.9. The van der Waals surface area contributed by atoms with E-state index in [9.17, 15) is 4.79 Å².